The van der Waals surface area contributed by atoms with Crippen molar-refractivity contribution in [2.75, 3.05) is 6.54 Å². The molecule has 0 unspecified atom stereocenters. The van der Waals surface area contributed by atoms with Gasteiger partial charge in [-0.3, -0.25) is 4.72 Å². The van der Waals surface area contributed by atoms with Gasteiger partial charge in [0.15, 0.2) is 0 Å². The first-order valence-electron chi connectivity index (χ1n) is 4.53. The molecule has 1 heterocycles. The molecule has 0 aromatic carbocycles. The van der Waals surface area contributed by atoms with E-state index < -0.39 is 0 Å². The Morgan fingerprint density at radius 1 is 1.00 bits per heavy atom. The topological polar surface area (TPSA) is 12.0 Å². The third-order valence-electron chi connectivity index (χ3n) is 0.449. The number of hydrogen-bond acceptors (Lipinski definition) is 2. The minimum atomic E-state index is 1.03. The van der Waals surface area contributed by atoms with Crippen molar-refractivity contribution < 1.29 is 0 Å². The minimum Gasteiger partial charge on any atom is -0.257 e. The molecule has 0 aromatic rings. The van der Waals surface area contributed by atoms with Crippen LogP contribution in [0.1, 0.15) is 41.5 Å². The molecule has 2 heteroatoms. The van der Waals surface area contributed by atoms with Gasteiger partial charge in [-0.2, -0.15) is 0 Å². The fourth-order valence-corrected chi connectivity index (χ4v) is 0.722. The summed E-state index contributed by atoms with van der Waals surface area (Å²) in [4.78, 5) is 0. The standard InChI is InChI=1S/C3H5NS.3C2H6/c1-2-4-5-3-1;3*1-2/h1,3-4H,2H2;3*1-2H3. The zero-order valence-corrected chi connectivity index (χ0v) is 9.59. The average molecular weight is 177 g/mol. The maximum Gasteiger partial charge on any atom is 0.0251 e. The molecule has 11 heavy (non-hydrogen) atoms. The van der Waals surface area contributed by atoms with Crippen molar-refractivity contribution in [3.05, 3.63) is 11.5 Å². The van der Waals surface area contributed by atoms with Crippen LogP contribution in [-0.4, -0.2) is 6.54 Å². The Labute approximate surface area is 76.8 Å². The highest BCUT2D eigenvalue weighted by molar-refractivity contribution is 8.00. The first-order chi connectivity index (χ1) is 5.50. The van der Waals surface area contributed by atoms with E-state index in [1.54, 1.807) is 11.9 Å². The summed E-state index contributed by atoms with van der Waals surface area (Å²) in [6.07, 6.45) is 2.09. The van der Waals surface area contributed by atoms with Crippen LogP contribution in [0.3, 0.4) is 0 Å². The van der Waals surface area contributed by atoms with Gasteiger partial charge in [-0.05, 0) is 5.41 Å². The lowest BCUT2D eigenvalue weighted by Gasteiger charge is -1.76. The Hall–Kier alpha value is 0.0500. The largest absolute Gasteiger partial charge is 0.257 e. The third-order valence-corrected chi connectivity index (χ3v) is 1.11. The highest BCUT2D eigenvalue weighted by Crippen LogP contribution is 1.99. The Morgan fingerprint density at radius 3 is 1.55 bits per heavy atom. The molecular weight excluding hydrogens is 154 g/mol. The second kappa shape index (κ2) is 32.3. The molecule has 0 bridgehead atoms. The van der Waals surface area contributed by atoms with E-state index in [-0.39, 0.29) is 0 Å². The van der Waals surface area contributed by atoms with Gasteiger partial charge >= 0.3 is 0 Å². The zero-order valence-electron chi connectivity index (χ0n) is 8.77. The molecule has 1 N–H and O–H groups in total. The molecule has 1 nitrogen and oxygen atoms in total. The molecule has 0 saturated carbocycles. The fraction of sp³-hybridized carbons (Fsp3) is 0.778. The Morgan fingerprint density at radius 2 is 1.45 bits per heavy atom. The van der Waals surface area contributed by atoms with Crippen molar-refractivity contribution in [2.24, 2.45) is 0 Å². The molecule has 70 valence electrons. The summed E-state index contributed by atoms with van der Waals surface area (Å²) < 4.78 is 3.03. The quantitative estimate of drug-likeness (QED) is 0.564. The molecule has 1 aliphatic rings. The van der Waals surface area contributed by atoms with E-state index in [2.05, 4.69) is 10.8 Å². The monoisotopic (exact) mass is 177 g/mol. The Balaban J connectivity index is -0.0000000933. The fourth-order valence-electron chi connectivity index (χ4n) is 0.241. The van der Waals surface area contributed by atoms with Crippen LogP contribution in [0.15, 0.2) is 11.5 Å². The van der Waals surface area contributed by atoms with Gasteiger partial charge in [0.1, 0.15) is 0 Å². The summed E-state index contributed by atoms with van der Waals surface area (Å²) in [6, 6.07) is 0. The Kier molecular flexibility index (Phi) is 50.5. The van der Waals surface area contributed by atoms with Crippen LogP contribution >= 0.6 is 11.9 Å². The lowest BCUT2D eigenvalue weighted by atomic mass is 10.7. The highest BCUT2D eigenvalue weighted by Gasteiger charge is 1.82. The van der Waals surface area contributed by atoms with Crippen LogP contribution in [-0.2, 0) is 0 Å². The smallest absolute Gasteiger partial charge is 0.0251 e. The van der Waals surface area contributed by atoms with Crippen molar-refractivity contribution in [3.63, 3.8) is 0 Å². The molecular formula is C9H23NS. The van der Waals surface area contributed by atoms with E-state index in [4.69, 9.17) is 0 Å². The molecule has 0 atom stereocenters. The molecule has 0 amide bonds. The van der Waals surface area contributed by atoms with Gasteiger partial charge < -0.3 is 0 Å². The highest BCUT2D eigenvalue weighted by atomic mass is 32.2. The Bertz CT molecular complexity index is 47.5. The van der Waals surface area contributed by atoms with Gasteiger partial charge in [0.05, 0.1) is 0 Å². The van der Waals surface area contributed by atoms with E-state index in [9.17, 15) is 0 Å². The van der Waals surface area contributed by atoms with Crippen LogP contribution in [0.2, 0.25) is 0 Å². The third kappa shape index (κ3) is 25.5. The van der Waals surface area contributed by atoms with Crippen molar-refractivity contribution in [1.82, 2.24) is 4.72 Å². The average Bonchev–Trinajstić information content (AvgIpc) is 2.71. The summed E-state index contributed by atoms with van der Waals surface area (Å²) in [6.45, 7) is 13.0. The summed E-state index contributed by atoms with van der Waals surface area (Å²) in [7, 11) is 0. The molecule has 0 aromatic heterocycles. The first-order valence-corrected chi connectivity index (χ1v) is 5.41. The lowest BCUT2D eigenvalue weighted by Crippen LogP contribution is -1.92. The number of rotatable bonds is 0. The maximum absolute atomic E-state index is 3.03. The van der Waals surface area contributed by atoms with Crippen molar-refractivity contribution in [2.45, 2.75) is 41.5 Å². The van der Waals surface area contributed by atoms with Crippen molar-refractivity contribution in [1.29, 1.82) is 0 Å². The predicted molar refractivity (Wildman–Crippen MR) is 58.8 cm³/mol. The summed E-state index contributed by atoms with van der Waals surface area (Å²) >= 11 is 1.64. The summed E-state index contributed by atoms with van der Waals surface area (Å²) in [5.74, 6) is 0. The van der Waals surface area contributed by atoms with Crippen LogP contribution < -0.4 is 4.72 Å². The van der Waals surface area contributed by atoms with Gasteiger partial charge in [-0.15, -0.1) is 0 Å². The van der Waals surface area contributed by atoms with E-state index in [0.717, 1.165) is 6.54 Å². The van der Waals surface area contributed by atoms with Gasteiger partial charge in [0, 0.05) is 6.54 Å². The molecule has 1 aliphatic heterocycles. The predicted octanol–water partition coefficient (Wildman–Crippen LogP) is 3.83. The second-order valence-electron chi connectivity index (χ2n) is 0.838. The molecule has 0 radical (unpaired) electrons. The van der Waals surface area contributed by atoms with Crippen LogP contribution in [0, 0.1) is 0 Å². The van der Waals surface area contributed by atoms with Crippen LogP contribution in [0.25, 0.3) is 0 Å². The van der Waals surface area contributed by atoms with Crippen LogP contribution in [0.4, 0.5) is 0 Å². The minimum absolute atomic E-state index is 1.03. The van der Waals surface area contributed by atoms with E-state index in [0.29, 0.717) is 0 Å². The van der Waals surface area contributed by atoms with Gasteiger partial charge in [-0.25, -0.2) is 0 Å². The van der Waals surface area contributed by atoms with Gasteiger partial charge in [0.2, 0.25) is 0 Å². The molecule has 0 saturated heterocycles. The van der Waals surface area contributed by atoms with E-state index in [1.807, 2.05) is 47.0 Å². The van der Waals surface area contributed by atoms with E-state index in [1.165, 1.54) is 0 Å². The summed E-state index contributed by atoms with van der Waals surface area (Å²) in [5, 5.41) is 2.04. The molecule has 1 rings (SSSR count). The molecule has 0 fully saturated rings. The van der Waals surface area contributed by atoms with E-state index >= 15 is 0 Å². The number of nitrogens with one attached hydrogen (secondary N) is 1. The lowest BCUT2D eigenvalue weighted by molar-refractivity contribution is 1.16. The normalized spacial score (nSPS) is 11.1. The summed E-state index contributed by atoms with van der Waals surface area (Å²) in [5.41, 5.74) is 0. The van der Waals surface area contributed by atoms with Crippen LogP contribution in [0.5, 0.6) is 0 Å². The zero-order chi connectivity index (χ0) is 9.54. The molecule has 0 spiro atoms. The van der Waals surface area contributed by atoms with Crippen molar-refractivity contribution in [3.8, 4) is 0 Å². The molecule has 0 aliphatic carbocycles. The van der Waals surface area contributed by atoms with Gasteiger partial charge in [-0.1, -0.05) is 59.6 Å². The second-order valence-corrected chi connectivity index (χ2v) is 1.63. The SMILES string of the molecule is C1=CSNC1.CC.CC.CC. The maximum atomic E-state index is 3.03. The van der Waals surface area contributed by atoms with Gasteiger partial charge in [0.25, 0.3) is 0 Å². The number of hydrogen-bond donors (Lipinski definition) is 1. The van der Waals surface area contributed by atoms with Crippen molar-refractivity contribution >= 4 is 11.9 Å². The first kappa shape index (κ1) is 17.2.